The largest absolute Gasteiger partial charge is 0.467 e. The number of aromatic nitrogens is 2. The summed E-state index contributed by atoms with van der Waals surface area (Å²) in [7, 11) is 1.42. The van der Waals surface area contributed by atoms with Crippen LogP contribution in [0.5, 0.6) is 0 Å². The van der Waals surface area contributed by atoms with Crippen LogP contribution in [-0.4, -0.2) is 29.1 Å². The van der Waals surface area contributed by atoms with Gasteiger partial charge >= 0.3 is 5.97 Å². The second kappa shape index (κ2) is 6.80. The van der Waals surface area contributed by atoms with E-state index in [1.807, 2.05) is 30.3 Å². The Kier molecular flexibility index (Phi) is 4.36. The lowest BCUT2D eigenvalue weighted by Gasteiger charge is -2.18. The maximum absolute atomic E-state index is 12.3. The number of nitrogens with zero attached hydrogens (tertiary/aromatic N) is 2. The summed E-state index contributed by atoms with van der Waals surface area (Å²) >= 11 is 1.74. The second-order valence-electron chi connectivity index (χ2n) is 6.17. The van der Waals surface area contributed by atoms with Crippen molar-refractivity contribution in [3.8, 4) is 0 Å². The zero-order valence-corrected chi connectivity index (χ0v) is 14.8. The van der Waals surface area contributed by atoms with Crippen molar-refractivity contribution < 1.29 is 9.53 Å². The molecule has 5 nitrogen and oxygen atoms in total. The molecule has 6 heteroatoms. The van der Waals surface area contributed by atoms with Crippen LogP contribution >= 0.6 is 11.3 Å². The molecule has 0 fully saturated rings. The predicted molar refractivity (Wildman–Crippen MR) is 99.0 cm³/mol. The number of ether oxygens (including phenoxy) is 1. The summed E-state index contributed by atoms with van der Waals surface area (Å²) < 4.78 is 5.00. The Hall–Kier alpha value is -2.47. The summed E-state index contributed by atoms with van der Waals surface area (Å²) in [6.07, 6.45) is 5.45. The number of carbonyl (C=O) groups excluding carboxylic acids is 1. The van der Waals surface area contributed by atoms with Crippen LogP contribution in [0.1, 0.15) is 22.4 Å². The summed E-state index contributed by atoms with van der Waals surface area (Å²) in [6, 6.07) is 9.44. The van der Waals surface area contributed by atoms with Crippen LogP contribution in [0.2, 0.25) is 0 Å². The van der Waals surface area contributed by atoms with Crippen molar-refractivity contribution in [2.75, 3.05) is 12.4 Å². The van der Waals surface area contributed by atoms with E-state index >= 15 is 0 Å². The first-order valence-corrected chi connectivity index (χ1v) is 9.21. The molecule has 0 saturated carbocycles. The van der Waals surface area contributed by atoms with Crippen LogP contribution in [0.15, 0.2) is 36.7 Å². The minimum absolute atomic E-state index is 0.289. The lowest BCUT2D eigenvalue weighted by Crippen LogP contribution is -2.33. The molecule has 0 radical (unpaired) electrons. The molecule has 0 amide bonds. The second-order valence-corrected chi connectivity index (χ2v) is 7.25. The molecule has 1 aliphatic carbocycles. The number of anilines is 1. The number of hydrogen-bond donors (Lipinski definition) is 1. The molecular weight excluding hydrogens is 334 g/mol. The van der Waals surface area contributed by atoms with Gasteiger partial charge in [-0.1, -0.05) is 30.3 Å². The Balaban J connectivity index is 1.68. The molecular formula is C19H19N3O2S. The smallest absolute Gasteiger partial charge is 0.328 e. The van der Waals surface area contributed by atoms with Crippen molar-refractivity contribution in [1.82, 2.24) is 9.97 Å². The highest BCUT2D eigenvalue weighted by Crippen LogP contribution is 2.39. The van der Waals surface area contributed by atoms with E-state index in [9.17, 15) is 4.79 Å². The van der Waals surface area contributed by atoms with Crippen molar-refractivity contribution in [2.45, 2.75) is 31.7 Å². The van der Waals surface area contributed by atoms with Crippen LogP contribution < -0.4 is 5.32 Å². The van der Waals surface area contributed by atoms with Gasteiger partial charge in [0.15, 0.2) is 0 Å². The lowest BCUT2D eigenvalue weighted by molar-refractivity contribution is -0.141. The number of hydrogen-bond acceptors (Lipinski definition) is 6. The van der Waals surface area contributed by atoms with Crippen molar-refractivity contribution in [3.63, 3.8) is 0 Å². The molecule has 3 aromatic rings. The summed E-state index contributed by atoms with van der Waals surface area (Å²) in [5.41, 5.74) is 2.41. The van der Waals surface area contributed by atoms with Crippen LogP contribution in [0, 0.1) is 0 Å². The highest BCUT2D eigenvalue weighted by atomic mass is 32.1. The molecule has 1 aliphatic rings. The molecule has 0 bridgehead atoms. The van der Waals surface area contributed by atoms with Gasteiger partial charge in [0, 0.05) is 11.3 Å². The van der Waals surface area contributed by atoms with E-state index < -0.39 is 6.04 Å². The summed E-state index contributed by atoms with van der Waals surface area (Å²) in [5, 5.41) is 4.39. The van der Waals surface area contributed by atoms with Crippen molar-refractivity contribution >= 4 is 33.3 Å². The monoisotopic (exact) mass is 353 g/mol. The molecule has 0 saturated heterocycles. The zero-order valence-electron chi connectivity index (χ0n) is 14.0. The Morgan fingerprint density at radius 1 is 1.28 bits per heavy atom. The van der Waals surface area contributed by atoms with Crippen molar-refractivity contribution in [2.24, 2.45) is 0 Å². The first-order valence-electron chi connectivity index (χ1n) is 8.40. The van der Waals surface area contributed by atoms with Crippen molar-refractivity contribution in [3.05, 3.63) is 52.7 Å². The molecule has 1 atom stereocenters. The number of carbonyl (C=O) groups is 1. The molecule has 1 unspecified atom stereocenters. The van der Waals surface area contributed by atoms with Gasteiger partial charge in [-0.3, -0.25) is 0 Å². The van der Waals surface area contributed by atoms with Gasteiger partial charge in [-0.05, 0) is 30.4 Å². The number of nitrogens with one attached hydrogen (secondary N) is 1. The standard InChI is InChI=1S/C19H19N3O2S/c1-24-19(23)14(10-12-6-3-2-4-7-12)22-17-16-13-8-5-9-15(13)25-18(16)21-11-20-17/h2-4,6-7,11,14H,5,8-10H2,1H3,(H,20,21,22). The number of thiophene rings is 1. The van der Waals surface area contributed by atoms with Crippen LogP contribution in [-0.2, 0) is 28.8 Å². The highest BCUT2D eigenvalue weighted by molar-refractivity contribution is 7.19. The maximum atomic E-state index is 12.3. The third kappa shape index (κ3) is 3.09. The molecule has 1 aromatic carbocycles. The maximum Gasteiger partial charge on any atom is 0.328 e. The Morgan fingerprint density at radius 2 is 2.12 bits per heavy atom. The predicted octanol–water partition coefficient (Wildman–Crippen LogP) is 3.38. The molecule has 128 valence electrons. The number of fused-ring (bicyclic) bond motifs is 3. The van der Waals surface area contributed by atoms with Crippen LogP contribution in [0.25, 0.3) is 10.2 Å². The summed E-state index contributed by atoms with van der Waals surface area (Å²) in [6.45, 7) is 0. The molecule has 0 aliphatic heterocycles. The molecule has 2 heterocycles. The molecule has 0 spiro atoms. The molecule has 1 N–H and O–H groups in total. The fourth-order valence-electron chi connectivity index (χ4n) is 3.39. The van der Waals surface area contributed by atoms with Gasteiger partial charge in [0.1, 0.15) is 23.0 Å². The van der Waals surface area contributed by atoms with Crippen LogP contribution in [0.3, 0.4) is 0 Å². The number of rotatable bonds is 5. The number of benzene rings is 1. The minimum Gasteiger partial charge on any atom is -0.467 e. The van der Waals surface area contributed by atoms with Gasteiger partial charge in [-0.25, -0.2) is 14.8 Å². The zero-order chi connectivity index (χ0) is 17.2. The Morgan fingerprint density at radius 3 is 2.92 bits per heavy atom. The Labute approximate surface area is 150 Å². The van der Waals surface area contributed by atoms with Gasteiger partial charge in [0.05, 0.1) is 12.5 Å². The lowest BCUT2D eigenvalue weighted by atomic mass is 10.1. The van der Waals surface area contributed by atoms with Crippen molar-refractivity contribution in [1.29, 1.82) is 0 Å². The number of esters is 1. The SMILES string of the molecule is COC(=O)C(Cc1ccccc1)Nc1ncnc2sc3c(c12)CCC3. The summed E-state index contributed by atoms with van der Waals surface area (Å²) in [4.78, 5) is 23.5. The fraction of sp³-hybridized carbons (Fsp3) is 0.316. The van der Waals surface area contributed by atoms with E-state index in [2.05, 4.69) is 15.3 Å². The summed E-state index contributed by atoms with van der Waals surface area (Å²) in [5.74, 6) is 0.443. The van der Waals surface area contributed by atoms with Gasteiger partial charge in [0.2, 0.25) is 0 Å². The molecule has 2 aromatic heterocycles. The van der Waals surface area contributed by atoms with E-state index in [4.69, 9.17) is 4.74 Å². The number of methoxy groups -OCH3 is 1. The quantitative estimate of drug-likeness (QED) is 0.713. The number of aryl methyl sites for hydroxylation is 2. The van der Waals surface area contributed by atoms with E-state index in [-0.39, 0.29) is 5.97 Å². The Bertz CT molecular complexity index is 908. The molecule has 25 heavy (non-hydrogen) atoms. The fourth-order valence-corrected chi connectivity index (χ4v) is 4.62. The first kappa shape index (κ1) is 16.0. The third-order valence-electron chi connectivity index (χ3n) is 4.58. The van der Waals surface area contributed by atoms with Gasteiger partial charge in [0.25, 0.3) is 0 Å². The minimum atomic E-state index is -0.484. The van der Waals surface area contributed by atoms with E-state index in [1.54, 1.807) is 17.7 Å². The van der Waals surface area contributed by atoms with E-state index in [0.29, 0.717) is 6.42 Å². The van der Waals surface area contributed by atoms with Gasteiger partial charge in [-0.2, -0.15) is 0 Å². The topological polar surface area (TPSA) is 64.1 Å². The first-order chi connectivity index (χ1) is 12.3. The normalized spacial score (nSPS) is 14.3. The third-order valence-corrected chi connectivity index (χ3v) is 5.78. The highest BCUT2D eigenvalue weighted by Gasteiger charge is 2.25. The van der Waals surface area contributed by atoms with Crippen LogP contribution in [0.4, 0.5) is 5.82 Å². The van der Waals surface area contributed by atoms with Gasteiger partial charge in [-0.15, -0.1) is 11.3 Å². The molecule has 4 rings (SSSR count). The van der Waals surface area contributed by atoms with E-state index in [1.165, 1.54) is 24.0 Å². The van der Waals surface area contributed by atoms with Gasteiger partial charge < -0.3 is 10.1 Å². The average Bonchev–Trinajstić information content (AvgIpc) is 3.22. The van der Waals surface area contributed by atoms with E-state index in [0.717, 1.165) is 34.4 Å². The average molecular weight is 353 g/mol.